The standard InChI is InChI=1S/C5H9FS/c1-4(2)7-5(3)6/h4H,3H2,1-2H3. The number of hydrogen-bond donors (Lipinski definition) is 0. The summed E-state index contributed by atoms with van der Waals surface area (Å²) in [6.07, 6.45) is 0. The molecule has 0 fully saturated rings. The van der Waals surface area contributed by atoms with Crippen LogP contribution in [0.15, 0.2) is 11.7 Å². The second kappa shape index (κ2) is 3.08. The van der Waals surface area contributed by atoms with E-state index in [2.05, 4.69) is 6.58 Å². The van der Waals surface area contributed by atoms with Gasteiger partial charge in [-0.15, -0.1) is 0 Å². The summed E-state index contributed by atoms with van der Waals surface area (Å²) in [7, 11) is 0. The highest BCUT2D eigenvalue weighted by molar-refractivity contribution is 8.03. The van der Waals surface area contributed by atoms with Crippen LogP contribution in [0.25, 0.3) is 0 Å². The smallest absolute Gasteiger partial charge is 0.149 e. The summed E-state index contributed by atoms with van der Waals surface area (Å²) in [4.78, 5) is 0. The van der Waals surface area contributed by atoms with E-state index < -0.39 is 0 Å². The minimum Gasteiger partial charge on any atom is -0.200 e. The Morgan fingerprint density at radius 1 is 1.71 bits per heavy atom. The molecule has 0 aliphatic rings. The highest BCUT2D eigenvalue weighted by Crippen LogP contribution is 2.19. The van der Waals surface area contributed by atoms with Crippen LogP contribution in [-0.2, 0) is 0 Å². The van der Waals surface area contributed by atoms with E-state index in [1.807, 2.05) is 13.8 Å². The van der Waals surface area contributed by atoms with Crippen LogP contribution in [0, 0.1) is 0 Å². The Hall–Kier alpha value is 0.0200. The molecule has 0 N–H and O–H groups in total. The topological polar surface area (TPSA) is 0 Å². The van der Waals surface area contributed by atoms with Crippen molar-refractivity contribution in [1.82, 2.24) is 0 Å². The van der Waals surface area contributed by atoms with Crippen molar-refractivity contribution in [3.8, 4) is 0 Å². The van der Waals surface area contributed by atoms with Crippen molar-refractivity contribution in [3.63, 3.8) is 0 Å². The van der Waals surface area contributed by atoms with E-state index in [0.717, 1.165) is 11.8 Å². The summed E-state index contributed by atoms with van der Waals surface area (Å²) in [5.74, 6) is 0. The normalized spacial score (nSPS) is 9.71. The van der Waals surface area contributed by atoms with E-state index >= 15 is 0 Å². The average Bonchev–Trinajstić information content (AvgIpc) is 1.27. The Bertz CT molecular complexity index is 68.5. The molecule has 0 radical (unpaired) electrons. The molecule has 0 unspecified atom stereocenters. The first-order valence-electron chi connectivity index (χ1n) is 2.14. The molecule has 0 aromatic rings. The summed E-state index contributed by atoms with van der Waals surface area (Å²) in [6.45, 7) is 6.94. The van der Waals surface area contributed by atoms with Crippen molar-refractivity contribution >= 4 is 11.8 Å². The first-order chi connectivity index (χ1) is 3.13. The zero-order valence-corrected chi connectivity index (χ0v) is 5.39. The van der Waals surface area contributed by atoms with Crippen LogP contribution >= 0.6 is 11.8 Å². The van der Waals surface area contributed by atoms with Crippen molar-refractivity contribution in [3.05, 3.63) is 11.7 Å². The Morgan fingerprint density at radius 2 is 2.14 bits per heavy atom. The van der Waals surface area contributed by atoms with Gasteiger partial charge in [-0.25, -0.2) is 4.39 Å². The van der Waals surface area contributed by atoms with Gasteiger partial charge in [0.1, 0.15) is 5.16 Å². The van der Waals surface area contributed by atoms with Crippen LogP contribution in [0.3, 0.4) is 0 Å². The molecule has 0 atom stereocenters. The molecule has 0 spiro atoms. The van der Waals surface area contributed by atoms with E-state index in [4.69, 9.17) is 0 Å². The van der Waals surface area contributed by atoms with E-state index in [0.29, 0.717) is 5.25 Å². The summed E-state index contributed by atoms with van der Waals surface area (Å²) in [5, 5.41) is 0.0208. The number of hydrogen-bond acceptors (Lipinski definition) is 1. The van der Waals surface area contributed by atoms with Gasteiger partial charge in [0.05, 0.1) is 0 Å². The molecule has 0 amide bonds. The molecule has 0 saturated heterocycles. The lowest BCUT2D eigenvalue weighted by Gasteiger charge is -1.96. The van der Waals surface area contributed by atoms with Crippen molar-refractivity contribution in [2.75, 3.05) is 0 Å². The maximum Gasteiger partial charge on any atom is 0.149 e. The van der Waals surface area contributed by atoms with Crippen LogP contribution in [-0.4, -0.2) is 5.25 Å². The minimum absolute atomic E-state index is 0.296. The predicted molar refractivity (Wildman–Crippen MR) is 33.0 cm³/mol. The number of halogens is 1. The van der Waals surface area contributed by atoms with E-state index in [1.165, 1.54) is 0 Å². The molecule has 0 bridgehead atoms. The highest BCUT2D eigenvalue weighted by atomic mass is 32.2. The molecule has 7 heavy (non-hydrogen) atoms. The lowest BCUT2D eigenvalue weighted by molar-refractivity contribution is 0.702. The molecule has 2 heteroatoms. The molecular weight excluding hydrogens is 111 g/mol. The van der Waals surface area contributed by atoms with Gasteiger partial charge in [0.15, 0.2) is 0 Å². The van der Waals surface area contributed by atoms with Crippen LogP contribution in [0.1, 0.15) is 13.8 Å². The molecule has 0 aliphatic carbocycles. The largest absolute Gasteiger partial charge is 0.200 e. The Kier molecular flexibility index (Phi) is 3.09. The minimum atomic E-state index is -0.296. The molecule has 0 rings (SSSR count). The summed E-state index contributed by atoms with van der Waals surface area (Å²) in [6, 6.07) is 0. The lowest BCUT2D eigenvalue weighted by Crippen LogP contribution is -1.82. The van der Waals surface area contributed by atoms with Crippen molar-refractivity contribution in [1.29, 1.82) is 0 Å². The predicted octanol–water partition coefficient (Wildman–Crippen LogP) is 2.57. The van der Waals surface area contributed by atoms with Gasteiger partial charge in [0, 0.05) is 5.25 Å². The summed E-state index contributed by atoms with van der Waals surface area (Å²) < 4.78 is 11.7. The van der Waals surface area contributed by atoms with Gasteiger partial charge in [-0.2, -0.15) is 0 Å². The fourth-order valence-electron chi connectivity index (χ4n) is 0.256. The monoisotopic (exact) mass is 120 g/mol. The highest BCUT2D eigenvalue weighted by Gasteiger charge is 1.94. The second-order valence-electron chi connectivity index (χ2n) is 1.52. The third-order valence-electron chi connectivity index (χ3n) is 0.364. The third kappa shape index (κ3) is 6.02. The number of thioether (sulfide) groups is 1. The van der Waals surface area contributed by atoms with E-state index in [1.54, 1.807) is 0 Å². The molecule has 0 nitrogen and oxygen atoms in total. The molecular formula is C5H9FS. The fraction of sp³-hybridized carbons (Fsp3) is 0.600. The Balaban J connectivity index is 3.13. The average molecular weight is 120 g/mol. The van der Waals surface area contributed by atoms with Crippen LogP contribution in [0.5, 0.6) is 0 Å². The third-order valence-corrected chi connectivity index (χ3v) is 1.09. The summed E-state index contributed by atoms with van der Waals surface area (Å²) >= 11 is 1.15. The summed E-state index contributed by atoms with van der Waals surface area (Å²) in [5.41, 5.74) is 0. The zero-order chi connectivity index (χ0) is 5.86. The maximum absolute atomic E-state index is 11.7. The van der Waals surface area contributed by atoms with Gasteiger partial charge in [-0.3, -0.25) is 0 Å². The van der Waals surface area contributed by atoms with Gasteiger partial charge in [0.2, 0.25) is 0 Å². The molecule has 0 aliphatic heterocycles. The molecule has 0 aromatic heterocycles. The quantitative estimate of drug-likeness (QED) is 0.539. The van der Waals surface area contributed by atoms with Crippen LogP contribution in [0.2, 0.25) is 0 Å². The van der Waals surface area contributed by atoms with Crippen LogP contribution in [0.4, 0.5) is 4.39 Å². The van der Waals surface area contributed by atoms with Gasteiger partial charge < -0.3 is 0 Å². The second-order valence-corrected chi connectivity index (χ2v) is 3.14. The fourth-order valence-corrected chi connectivity index (χ4v) is 0.767. The van der Waals surface area contributed by atoms with Crippen molar-refractivity contribution in [2.24, 2.45) is 0 Å². The van der Waals surface area contributed by atoms with E-state index in [-0.39, 0.29) is 5.16 Å². The molecule has 42 valence electrons. The molecule has 0 saturated carbocycles. The van der Waals surface area contributed by atoms with Gasteiger partial charge in [-0.1, -0.05) is 32.2 Å². The first-order valence-corrected chi connectivity index (χ1v) is 3.02. The Labute approximate surface area is 47.8 Å². The van der Waals surface area contributed by atoms with Crippen molar-refractivity contribution < 1.29 is 4.39 Å². The van der Waals surface area contributed by atoms with Crippen LogP contribution < -0.4 is 0 Å². The van der Waals surface area contributed by atoms with Gasteiger partial charge in [0.25, 0.3) is 0 Å². The Morgan fingerprint density at radius 3 is 2.14 bits per heavy atom. The first kappa shape index (κ1) is 7.02. The van der Waals surface area contributed by atoms with Gasteiger partial charge >= 0.3 is 0 Å². The molecule has 0 heterocycles. The van der Waals surface area contributed by atoms with E-state index in [9.17, 15) is 4.39 Å². The SMILES string of the molecule is C=C(F)SC(C)C. The maximum atomic E-state index is 11.7. The van der Waals surface area contributed by atoms with Crippen molar-refractivity contribution in [2.45, 2.75) is 19.1 Å². The lowest BCUT2D eigenvalue weighted by atomic mass is 10.6. The van der Waals surface area contributed by atoms with Gasteiger partial charge in [-0.05, 0) is 0 Å². The number of rotatable bonds is 2. The zero-order valence-electron chi connectivity index (χ0n) is 4.57. The molecule has 0 aromatic carbocycles.